The molecule has 0 aliphatic rings. The molecule has 1 N–H and O–H groups in total. The second-order valence-electron chi connectivity index (χ2n) is 5.13. The SMILES string of the molecule is Cc1ncccc1OCc1csc(CNCC(C)C)n1. The molecule has 0 aliphatic carbocycles. The Morgan fingerprint density at radius 2 is 2.25 bits per heavy atom. The summed E-state index contributed by atoms with van der Waals surface area (Å²) in [4.78, 5) is 8.76. The number of hydrogen-bond donors (Lipinski definition) is 1. The van der Waals surface area contributed by atoms with E-state index in [2.05, 4.69) is 34.5 Å². The van der Waals surface area contributed by atoms with Crippen molar-refractivity contribution in [1.29, 1.82) is 0 Å². The maximum atomic E-state index is 5.74. The fourth-order valence-electron chi connectivity index (χ4n) is 1.74. The maximum Gasteiger partial charge on any atom is 0.141 e. The Kier molecular flexibility index (Phi) is 5.49. The summed E-state index contributed by atoms with van der Waals surface area (Å²) in [6, 6.07) is 3.81. The summed E-state index contributed by atoms with van der Waals surface area (Å²) in [5.74, 6) is 1.48. The van der Waals surface area contributed by atoms with Crippen molar-refractivity contribution in [3.63, 3.8) is 0 Å². The number of hydrogen-bond acceptors (Lipinski definition) is 5. The minimum absolute atomic E-state index is 0.493. The van der Waals surface area contributed by atoms with E-state index in [-0.39, 0.29) is 0 Å². The Hall–Kier alpha value is -1.46. The van der Waals surface area contributed by atoms with Gasteiger partial charge in [-0.3, -0.25) is 4.98 Å². The van der Waals surface area contributed by atoms with E-state index in [1.54, 1.807) is 17.5 Å². The van der Waals surface area contributed by atoms with Crippen molar-refractivity contribution in [3.8, 4) is 5.75 Å². The lowest BCUT2D eigenvalue weighted by Crippen LogP contribution is -2.18. The van der Waals surface area contributed by atoms with Crippen LogP contribution in [0.1, 0.15) is 30.2 Å². The summed E-state index contributed by atoms with van der Waals surface area (Å²) in [6.45, 7) is 8.68. The molecule has 0 fully saturated rings. The van der Waals surface area contributed by atoms with E-state index in [0.29, 0.717) is 12.5 Å². The Bertz CT molecular complexity index is 539. The lowest BCUT2D eigenvalue weighted by molar-refractivity contribution is 0.298. The van der Waals surface area contributed by atoms with Gasteiger partial charge in [0.15, 0.2) is 0 Å². The molecule has 0 bridgehead atoms. The molecule has 20 heavy (non-hydrogen) atoms. The van der Waals surface area contributed by atoms with E-state index in [4.69, 9.17) is 4.74 Å². The zero-order valence-electron chi connectivity index (χ0n) is 12.2. The van der Waals surface area contributed by atoms with Gasteiger partial charge in [-0.05, 0) is 31.5 Å². The van der Waals surface area contributed by atoms with Crippen molar-refractivity contribution < 1.29 is 4.74 Å². The Labute approximate surface area is 124 Å². The quantitative estimate of drug-likeness (QED) is 0.851. The lowest BCUT2D eigenvalue weighted by Gasteiger charge is -2.06. The van der Waals surface area contributed by atoms with Crippen LogP contribution in [0.5, 0.6) is 5.75 Å². The van der Waals surface area contributed by atoms with Crippen molar-refractivity contribution in [2.75, 3.05) is 6.54 Å². The molecule has 0 unspecified atom stereocenters. The molecule has 4 nitrogen and oxygen atoms in total. The van der Waals surface area contributed by atoms with Crippen LogP contribution < -0.4 is 10.1 Å². The molecule has 0 aliphatic heterocycles. The standard InChI is InChI=1S/C15H21N3OS/c1-11(2)7-16-8-15-18-13(10-20-15)9-19-14-5-4-6-17-12(14)3/h4-6,10-11,16H,7-9H2,1-3H3. The van der Waals surface area contributed by atoms with E-state index in [9.17, 15) is 0 Å². The molecule has 0 radical (unpaired) electrons. The van der Waals surface area contributed by atoms with Crippen LogP contribution in [0.25, 0.3) is 0 Å². The molecule has 0 aromatic carbocycles. The summed E-state index contributed by atoms with van der Waals surface area (Å²) in [7, 11) is 0. The molecule has 108 valence electrons. The zero-order valence-corrected chi connectivity index (χ0v) is 13.0. The van der Waals surface area contributed by atoms with Crippen LogP contribution in [0.4, 0.5) is 0 Å². The summed E-state index contributed by atoms with van der Waals surface area (Å²) in [5, 5.41) is 6.55. The molecular formula is C15H21N3OS. The van der Waals surface area contributed by atoms with Gasteiger partial charge in [0.05, 0.1) is 11.4 Å². The number of aryl methyl sites for hydroxylation is 1. The first-order valence-corrected chi connectivity index (χ1v) is 7.71. The van der Waals surface area contributed by atoms with Crippen molar-refractivity contribution >= 4 is 11.3 Å². The summed E-state index contributed by atoms with van der Waals surface area (Å²) >= 11 is 1.67. The number of thiazole rings is 1. The van der Waals surface area contributed by atoms with Crippen LogP contribution in [0.3, 0.4) is 0 Å². The average Bonchev–Trinajstić information content (AvgIpc) is 2.85. The van der Waals surface area contributed by atoms with Gasteiger partial charge in [0.1, 0.15) is 17.4 Å². The molecule has 0 atom stereocenters. The molecule has 0 spiro atoms. The highest BCUT2D eigenvalue weighted by Gasteiger charge is 2.05. The first kappa shape index (κ1) is 14.9. The van der Waals surface area contributed by atoms with E-state index >= 15 is 0 Å². The van der Waals surface area contributed by atoms with E-state index in [1.807, 2.05) is 19.1 Å². The summed E-state index contributed by atoms with van der Waals surface area (Å²) < 4.78 is 5.74. The van der Waals surface area contributed by atoms with Crippen molar-refractivity contribution in [2.24, 2.45) is 5.92 Å². The molecule has 2 rings (SSSR count). The molecule has 2 aromatic rings. The number of aromatic nitrogens is 2. The molecule has 5 heteroatoms. The van der Waals surface area contributed by atoms with Crippen molar-refractivity contribution in [1.82, 2.24) is 15.3 Å². The Balaban J connectivity index is 1.82. The molecule has 0 saturated heterocycles. The van der Waals surface area contributed by atoms with Gasteiger partial charge in [-0.25, -0.2) is 4.98 Å². The fourth-order valence-corrected chi connectivity index (χ4v) is 2.49. The predicted molar refractivity (Wildman–Crippen MR) is 82.0 cm³/mol. The average molecular weight is 291 g/mol. The van der Waals surface area contributed by atoms with Gasteiger partial charge in [0.25, 0.3) is 0 Å². The van der Waals surface area contributed by atoms with Gasteiger partial charge in [-0.15, -0.1) is 11.3 Å². The topological polar surface area (TPSA) is 47.0 Å². The molecule has 2 heterocycles. The highest BCUT2D eigenvalue weighted by Crippen LogP contribution is 2.17. The third-order valence-corrected chi connectivity index (χ3v) is 3.66. The van der Waals surface area contributed by atoms with Gasteiger partial charge in [0.2, 0.25) is 0 Å². The zero-order chi connectivity index (χ0) is 14.4. The number of rotatable bonds is 7. The monoisotopic (exact) mass is 291 g/mol. The van der Waals surface area contributed by atoms with Crippen LogP contribution in [0.15, 0.2) is 23.7 Å². The second-order valence-corrected chi connectivity index (χ2v) is 6.08. The summed E-state index contributed by atoms with van der Waals surface area (Å²) in [6.07, 6.45) is 1.77. The van der Waals surface area contributed by atoms with E-state index in [0.717, 1.165) is 35.2 Å². The van der Waals surface area contributed by atoms with Gasteiger partial charge >= 0.3 is 0 Å². The first-order valence-electron chi connectivity index (χ1n) is 6.83. The molecule has 2 aromatic heterocycles. The maximum absolute atomic E-state index is 5.74. The first-order chi connectivity index (χ1) is 9.65. The largest absolute Gasteiger partial charge is 0.485 e. The van der Waals surface area contributed by atoms with Crippen LogP contribution in [0.2, 0.25) is 0 Å². The number of ether oxygens (including phenoxy) is 1. The third-order valence-electron chi connectivity index (χ3n) is 2.76. The van der Waals surface area contributed by atoms with Crippen LogP contribution in [0, 0.1) is 12.8 Å². The normalized spacial score (nSPS) is 11.0. The summed E-state index contributed by atoms with van der Waals surface area (Å²) in [5.41, 5.74) is 1.88. The molecule has 0 amide bonds. The van der Waals surface area contributed by atoms with E-state index < -0.39 is 0 Å². The number of pyridine rings is 1. The highest BCUT2D eigenvalue weighted by atomic mass is 32.1. The van der Waals surface area contributed by atoms with E-state index in [1.165, 1.54) is 0 Å². The Morgan fingerprint density at radius 3 is 3.00 bits per heavy atom. The van der Waals surface area contributed by atoms with Gasteiger partial charge in [-0.1, -0.05) is 13.8 Å². The Morgan fingerprint density at radius 1 is 1.40 bits per heavy atom. The minimum atomic E-state index is 0.493. The molecule has 0 saturated carbocycles. The van der Waals surface area contributed by atoms with Crippen molar-refractivity contribution in [3.05, 3.63) is 40.1 Å². The highest BCUT2D eigenvalue weighted by molar-refractivity contribution is 7.09. The van der Waals surface area contributed by atoms with Crippen LogP contribution in [-0.2, 0) is 13.2 Å². The fraction of sp³-hybridized carbons (Fsp3) is 0.467. The smallest absolute Gasteiger partial charge is 0.141 e. The lowest BCUT2D eigenvalue weighted by atomic mass is 10.2. The van der Waals surface area contributed by atoms with Crippen LogP contribution in [-0.4, -0.2) is 16.5 Å². The second kappa shape index (κ2) is 7.36. The minimum Gasteiger partial charge on any atom is -0.485 e. The van der Waals surface area contributed by atoms with Crippen molar-refractivity contribution in [2.45, 2.75) is 33.9 Å². The number of nitrogens with one attached hydrogen (secondary N) is 1. The van der Waals surface area contributed by atoms with Gasteiger partial charge in [0, 0.05) is 18.1 Å². The van der Waals surface area contributed by atoms with Crippen LogP contribution >= 0.6 is 11.3 Å². The molecular weight excluding hydrogens is 270 g/mol. The van der Waals surface area contributed by atoms with Gasteiger partial charge < -0.3 is 10.1 Å². The predicted octanol–water partition coefficient (Wildman–Crippen LogP) is 3.17. The van der Waals surface area contributed by atoms with Gasteiger partial charge in [-0.2, -0.15) is 0 Å². The third kappa shape index (κ3) is 4.58. The number of nitrogens with zero attached hydrogens (tertiary/aromatic N) is 2.